The van der Waals surface area contributed by atoms with E-state index in [-0.39, 0.29) is 13.5 Å². The van der Waals surface area contributed by atoms with E-state index in [2.05, 4.69) is 4.98 Å². The Morgan fingerprint density at radius 2 is 1.79 bits per heavy atom. The summed E-state index contributed by atoms with van der Waals surface area (Å²) in [5.41, 5.74) is 7.89. The molecule has 4 aromatic rings. The Labute approximate surface area is 166 Å². The molecule has 7 heteroatoms. The van der Waals surface area contributed by atoms with Gasteiger partial charge in [0.25, 0.3) is 5.56 Å². The van der Waals surface area contributed by atoms with Crippen molar-refractivity contribution in [1.82, 2.24) is 9.55 Å². The Balaban J connectivity index is 0.00000256. The van der Waals surface area contributed by atoms with E-state index in [1.807, 2.05) is 0 Å². The molecule has 0 aliphatic rings. The third-order valence-corrected chi connectivity index (χ3v) is 4.79. The lowest BCUT2D eigenvalue weighted by molar-refractivity contribution is 0.545. The summed E-state index contributed by atoms with van der Waals surface area (Å²) in [6.07, 6.45) is 2.22. The first-order valence-electron chi connectivity index (χ1n) is 8.81. The van der Waals surface area contributed by atoms with Gasteiger partial charge in [-0.2, -0.15) is 0 Å². The number of nitrogen functional groups attached to an aromatic ring is 1. The summed E-state index contributed by atoms with van der Waals surface area (Å²) in [6.45, 7) is -0.257. The summed E-state index contributed by atoms with van der Waals surface area (Å²) >= 11 is 0. The van der Waals surface area contributed by atoms with Gasteiger partial charge in [-0.25, -0.2) is 13.8 Å². The standard InChI is InChI=1S/C22H16F2N4O.H2/c23-17-8-14(13-5-6-19(26)15(7-13)10-25)9-18(24)16(17)12-28-21-4-2-1-3-20(21)27-11-22(28)29;/h1-11,25H,12,26H2;1H. The van der Waals surface area contributed by atoms with E-state index in [0.717, 1.165) is 12.4 Å². The van der Waals surface area contributed by atoms with Crippen LogP contribution in [0.5, 0.6) is 0 Å². The number of halogens is 2. The van der Waals surface area contributed by atoms with E-state index in [0.29, 0.717) is 33.4 Å². The zero-order valence-corrected chi connectivity index (χ0v) is 15.2. The van der Waals surface area contributed by atoms with Crippen LogP contribution in [0.3, 0.4) is 0 Å². The number of nitrogens with zero attached hydrogens (tertiary/aromatic N) is 2. The number of hydrogen-bond acceptors (Lipinski definition) is 4. The Hall–Kier alpha value is -3.87. The Morgan fingerprint density at radius 1 is 1.07 bits per heavy atom. The number of nitrogens with two attached hydrogens (primary N) is 1. The largest absolute Gasteiger partial charge is 0.398 e. The molecule has 3 N–H and O–H groups in total. The topological polar surface area (TPSA) is 84.8 Å². The van der Waals surface area contributed by atoms with Crippen molar-refractivity contribution < 1.29 is 10.2 Å². The lowest BCUT2D eigenvalue weighted by atomic mass is 10.00. The van der Waals surface area contributed by atoms with E-state index in [1.165, 1.54) is 16.7 Å². The molecule has 146 valence electrons. The molecule has 0 atom stereocenters. The maximum Gasteiger partial charge on any atom is 0.269 e. The van der Waals surface area contributed by atoms with Crippen LogP contribution in [0.4, 0.5) is 14.5 Å². The van der Waals surface area contributed by atoms with Crippen molar-refractivity contribution >= 4 is 22.9 Å². The van der Waals surface area contributed by atoms with Gasteiger partial charge in [0.2, 0.25) is 0 Å². The van der Waals surface area contributed by atoms with Crippen molar-refractivity contribution in [1.29, 1.82) is 5.41 Å². The molecule has 1 heterocycles. The summed E-state index contributed by atoms with van der Waals surface area (Å²) in [4.78, 5) is 16.3. The summed E-state index contributed by atoms with van der Waals surface area (Å²) < 4.78 is 31.0. The van der Waals surface area contributed by atoms with E-state index < -0.39 is 17.2 Å². The maximum absolute atomic E-state index is 14.8. The minimum absolute atomic E-state index is 0. The van der Waals surface area contributed by atoms with Crippen molar-refractivity contribution in [2.45, 2.75) is 6.54 Å². The minimum Gasteiger partial charge on any atom is -0.398 e. The fourth-order valence-corrected chi connectivity index (χ4v) is 3.24. The molecular formula is C22H18F2N4O. The molecule has 4 rings (SSSR count). The quantitative estimate of drug-likeness (QED) is 0.403. The van der Waals surface area contributed by atoms with E-state index in [4.69, 9.17) is 11.1 Å². The van der Waals surface area contributed by atoms with Gasteiger partial charge in [-0.15, -0.1) is 0 Å². The van der Waals surface area contributed by atoms with E-state index in [1.54, 1.807) is 42.5 Å². The van der Waals surface area contributed by atoms with Crippen molar-refractivity contribution in [2.75, 3.05) is 5.73 Å². The molecule has 0 saturated heterocycles. The third-order valence-electron chi connectivity index (χ3n) is 4.79. The van der Waals surface area contributed by atoms with Gasteiger partial charge >= 0.3 is 0 Å². The second kappa shape index (κ2) is 7.27. The van der Waals surface area contributed by atoms with Crippen LogP contribution >= 0.6 is 0 Å². The minimum atomic E-state index is -0.763. The number of nitrogens with one attached hydrogen (secondary N) is 1. The predicted octanol–water partition coefficient (Wildman–Crippen LogP) is 4.22. The number of hydrogen-bond donors (Lipinski definition) is 2. The fourth-order valence-electron chi connectivity index (χ4n) is 3.24. The monoisotopic (exact) mass is 392 g/mol. The first-order valence-corrected chi connectivity index (χ1v) is 8.81. The van der Waals surface area contributed by atoms with Crippen LogP contribution in [-0.2, 0) is 6.54 Å². The summed E-state index contributed by atoms with van der Waals surface area (Å²) in [5.74, 6) is -1.53. The SMILES string of the molecule is N=Cc1cc(-c2cc(F)c(Cn3c(=O)cnc4ccccc43)c(F)c2)ccc1N.[HH]. The van der Waals surface area contributed by atoms with Crippen LogP contribution in [0.25, 0.3) is 22.2 Å². The highest BCUT2D eigenvalue weighted by molar-refractivity contribution is 5.87. The summed E-state index contributed by atoms with van der Waals surface area (Å²) in [6, 6.07) is 14.2. The van der Waals surface area contributed by atoms with Crippen LogP contribution in [0.15, 0.2) is 65.6 Å². The molecule has 0 saturated carbocycles. The lowest BCUT2D eigenvalue weighted by Crippen LogP contribution is -2.22. The van der Waals surface area contributed by atoms with Gasteiger partial charge < -0.3 is 15.7 Å². The number of anilines is 1. The zero-order valence-electron chi connectivity index (χ0n) is 15.2. The number of aromatic nitrogens is 2. The molecule has 1 aromatic heterocycles. The molecule has 5 nitrogen and oxygen atoms in total. The van der Waals surface area contributed by atoms with Gasteiger partial charge in [0.05, 0.1) is 23.8 Å². The molecule has 0 bridgehead atoms. The molecule has 0 spiro atoms. The smallest absolute Gasteiger partial charge is 0.269 e. The van der Waals surface area contributed by atoms with Crippen LogP contribution < -0.4 is 11.3 Å². The van der Waals surface area contributed by atoms with Gasteiger partial charge in [-0.05, 0) is 47.5 Å². The van der Waals surface area contributed by atoms with Gasteiger partial charge in [0.1, 0.15) is 11.6 Å². The van der Waals surface area contributed by atoms with Crippen molar-refractivity contribution in [3.8, 4) is 11.1 Å². The van der Waals surface area contributed by atoms with Gasteiger partial charge in [0, 0.05) is 24.5 Å². The van der Waals surface area contributed by atoms with E-state index >= 15 is 0 Å². The van der Waals surface area contributed by atoms with Gasteiger partial charge in [0.15, 0.2) is 0 Å². The fraction of sp³-hybridized carbons (Fsp3) is 0.0455. The predicted molar refractivity (Wildman–Crippen MR) is 111 cm³/mol. The summed E-state index contributed by atoms with van der Waals surface area (Å²) in [5, 5.41) is 7.38. The molecule has 0 aliphatic heterocycles. The second-order valence-electron chi connectivity index (χ2n) is 6.58. The second-order valence-corrected chi connectivity index (χ2v) is 6.58. The van der Waals surface area contributed by atoms with Crippen molar-refractivity contribution in [3.63, 3.8) is 0 Å². The molecule has 0 aliphatic carbocycles. The number of para-hydroxylation sites is 2. The van der Waals surface area contributed by atoms with E-state index in [9.17, 15) is 13.6 Å². The molecule has 3 aromatic carbocycles. The molecule has 29 heavy (non-hydrogen) atoms. The van der Waals surface area contributed by atoms with Crippen molar-refractivity contribution in [2.24, 2.45) is 0 Å². The van der Waals surface area contributed by atoms with Crippen molar-refractivity contribution in [3.05, 3.63) is 93.9 Å². The molecular weight excluding hydrogens is 374 g/mol. The first-order chi connectivity index (χ1) is 14.0. The van der Waals surface area contributed by atoms with Crippen LogP contribution in [0, 0.1) is 17.0 Å². The molecule has 0 fully saturated rings. The Morgan fingerprint density at radius 3 is 2.52 bits per heavy atom. The highest BCUT2D eigenvalue weighted by atomic mass is 19.1. The average molecular weight is 392 g/mol. The van der Waals surface area contributed by atoms with Crippen LogP contribution in [0.2, 0.25) is 0 Å². The first kappa shape index (κ1) is 18.5. The van der Waals surface area contributed by atoms with Gasteiger partial charge in [-0.1, -0.05) is 18.2 Å². The normalized spacial score (nSPS) is 11.0. The highest BCUT2D eigenvalue weighted by Gasteiger charge is 2.15. The molecule has 0 unspecified atom stereocenters. The number of benzene rings is 3. The maximum atomic E-state index is 14.8. The third kappa shape index (κ3) is 3.38. The highest BCUT2D eigenvalue weighted by Crippen LogP contribution is 2.27. The van der Waals surface area contributed by atoms with Crippen LogP contribution in [0.1, 0.15) is 12.6 Å². The summed E-state index contributed by atoms with van der Waals surface area (Å²) in [7, 11) is 0. The Bertz CT molecular complexity index is 1300. The number of fused-ring (bicyclic) bond motifs is 1. The molecule has 0 radical (unpaired) electrons. The zero-order chi connectivity index (χ0) is 20.5. The van der Waals surface area contributed by atoms with Gasteiger partial charge in [-0.3, -0.25) is 4.79 Å². The number of rotatable bonds is 4. The molecule has 0 amide bonds. The van der Waals surface area contributed by atoms with Crippen LogP contribution in [-0.4, -0.2) is 15.8 Å². The Kier molecular flexibility index (Phi) is 4.64. The average Bonchev–Trinajstić information content (AvgIpc) is 2.72. The lowest BCUT2D eigenvalue weighted by Gasteiger charge is -2.13.